The van der Waals surface area contributed by atoms with E-state index in [1.807, 2.05) is 4.40 Å². The van der Waals surface area contributed by atoms with Crippen molar-refractivity contribution in [1.82, 2.24) is 14.7 Å². The molecule has 3 rings (SSSR count). The van der Waals surface area contributed by atoms with Crippen LogP contribution >= 0.6 is 0 Å². The van der Waals surface area contributed by atoms with Crippen LogP contribution in [0.1, 0.15) is 15.9 Å². The number of aromatic nitrogens is 2. The van der Waals surface area contributed by atoms with Gasteiger partial charge in [-0.15, -0.1) is 0 Å². The lowest BCUT2D eigenvalue weighted by atomic mass is 10.1. The zero-order chi connectivity index (χ0) is 14.7. The summed E-state index contributed by atoms with van der Waals surface area (Å²) in [7, 11) is 0. The molecule has 0 bridgehead atoms. The number of carbonyl (C=O) groups excluding carboxylic acids is 1. The average Bonchev–Trinajstić information content (AvgIpc) is 2.96. The predicted molar refractivity (Wildman–Crippen MR) is 77.6 cm³/mol. The number of rotatable bonds is 4. The van der Waals surface area contributed by atoms with Crippen LogP contribution in [0.5, 0.6) is 0 Å². The molecular weight excluding hydrogens is 269 g/mol. The monoisotopic (exact) mass is 283 g/mol. The molecule has 1 N–H and O–H groups in total. The topological polar surface area (TPSA) is 46.4 Å². The lowest BCUT2D eigenvalue weighted by Crippen LogP contribution is -2.25. The summed E-state index contributed by atoms with van der Waals surface area (Å²) < 4.78 is 15.3. The normalized spacial score (nSPS) is 10.7. The lowest BCUT2D eigenvalue weighted by Gasteiger charge is -2.06. The smallest absolute Gasteiger partial charge is 0.251 e. The molecule has 0 aliphatic heterocycles. The second-order valence-corrected chi connectivity index (χ2v) is 4.74. The first-order valence-corrected chi connectivity index (χ1v) is 6.67. The SMILES string of the molecule is O=C(NCCc1ccccc1F)c1ccn2cncc2c1. The first-order valence-electron chi connectivity index (χ1n) is 6.67. The maximum Gasteiger partial charge on any atom is 0.251 e. The molecule has 3 aromatic rings. The summed E-state index contributed by atoms with van der Waals surface area (Å²) in [6.45, 7) is 0.393. The van der Waals surface area contributed by atoms with E-state index in [1.165, 1.54) is 6.07 Å². The van der Waals surface area contributed by atoms with Crippen LogP contribution in [-0.4, -0.2) is 21.8 Å². The molecule has 0 saturated carbocycles. The van der Waals surface area contributed by atoms with E-state index >= 15 is 0 Å². The average molecular weight is 283 g/mol. The number of nitrogens with one attached hydrogen (secondary N) is 1. The van der Waals surface area contributed by atoms with Crippen molar-refractivity contribution in [2.24, 2.45) is 0 Å². The van der Waals surface area contributed by atoms with Crippen LogP contribution in [0.25, 0.3) is 5.52 Å². The number of carbonyl (C=O) groups is 1. The van der Waals surface area contributed by atoms with E-state index in [-0.39, 0.29) is 11.7 Å². The number of hydrogen-bond donors (Lipinski definition) is 1. The van der Waals surface area contributed by atoms with Gasteiger partial charge in [0.25, 0.3) is 5.91 Å². The Hall–Kier alpha value is -2.69. The zero-order valence-electron chi connectivity index (χ0n) is 11.3. The van der Waals surface area contributed by atoms with E-state index in [0.29, 0.717) is 24.1 Å². The standard InChI is InChI=1S/C16H14FN3O/c17-15-4-2-1-3-12(15)5-7-19-16(21)13-6-8-20-11-18-10-14(20)9-13/h1-4,6,8-11H,5,7H2,(H,19,21). The zero-order valence-corrected chi connectivity index (χ0v) is 11.3. The molecule has 0 fully saturated rings. The highest BCUT2D eigenvalue weighted by Gasteiger charge is 2.07. The molecule has 2 aromatic heterocycles. The van der Waals surface area contributed by atoms with Gasteiger partial charge in [0.15, 0.2) is 0 Å². The van der Waals surface area contributed by atoms with Crippen LogP contribution in [0.15, 0.2) is 55.1 Å². The molecule has 0 aliphatic rings. The highest BCUT2D eigenvalue weighted by atomic mass is 19.1. The number of amides is 1. The summed E-state index contributed by atoms with van der Waals surface area (Å²) in [5.74, 6) is -0.414. The highest BCUT2D eigenvalue weighted by molar-refractivity contribution is 5.95. The van der Waals surface area contributed by atoms with Crippen molar-refractivity contribution in [2.75, 3.05) is 6.54 Å². The summed E-state index contributed by atoms with van der Waals surface area (Å²) in [5, 5.41) is 2.80. The Balaban J connectivity index is 1.62. The maximum atomic E-state index is 13.5. The summed E-state index contributed by atoms with van der Waals surface area (Å²) in [5.41, 5.74) is 2.03. The molecule has 2 heterocycles. The minimum Gasteiger partial charge on any atom is -0.352 e. The third-order valence-corrected chi connectivity index (χ3v) is 3.31. The molecule has 4 nitrogen and oxygen atoms in total. The fraction of sp³-hybridized carbons (Fsp3) is 0.125. The molecule has 0 atom stereocenters. The number of nitrogens with zero attached hydrogens (tertiary/aromatic N) is 2. The van der Waals surface area contributed by atoms with Crippen LogP contribution in [0, 0.1) is 5.82 Å². The van der Waals surface area contributed by atoms with E-state index in [9.17, 15) is 9.18 Å². The predicted octanol–water partition coefficient (Wildman–Crippen LogP) is 2.45. The number of benzene rings is 1. The maximum absolute atomic E-state index is 13.5. The minimum absolute atomic E-state index is 0.171. The van der Waals surface area contributed by atoms with Crippen molar-refractivity contribution in [2.45, 2.75) is 6.42 Å². The number of fused-ring (bicyclic) bond motifs is 1. The quantitative estimate of drug-likeness (QED) is 0.799. The Morgan fingerprint density at radius 3 is 3.00 bits per heavy atom. The molecular formula is C16H14FN3O. The van der Waals surface area contributed by atoms with Crippen molar-refractivity contribution in [3.8, 4) is 0 Å². The van der Waals surface area contributed by atoms with Crippen LogP contribution in [0.2, 0.25) is 0 Å². The molecule has 21 heavy (non-hydrogen) atoms. The Morgan fingerprint density at radius 2 is 2.14 bits per heavy atom. The largest absolute Gasteiger partial charge is 0.352 e. The van der Waals surface area contributed by atoms with Crippen LogP contribution < -0.4 is 5.32 Å². The first-order chi connectivity index (χ1) is 10.2. The van der Waals surface area contributed by atoms with Gasteiger partial charge < -0.3 is 9.72 Å². The Kier molecular flexibility index (Phi) is 3.64. The molecule has 1 aromatic carbocycles. The Labute approximate surface area is 121 Å². The summed E-state index contributed by atoms with van der Waals surface area (Å²) >= 11 is 0. The van der Waals surface area contributed by atoms with Crippen LogP contribution in [-0.2, 0) is 6.42 Å². The fourth-order valence-corrected chi connectivity index (χ4v) is 2.17. The van der Waals surface area contributed by atoms with Gasteiger partial charge in [0.2, 0.25) is 0 Å². The van der Waals surface area contributed by atoms with Gasteiger partial charge >= 0.3 is 0 Å². The van der Waals surface area contributed by atoms with Crippen molar-refractivity contribution in [1.29, 1.82) is 0 Å². The fourth-order valence-electron chi connectivity index (χ4n) is 2.17. The lowest BCUT2D eigenvalue weighted by molar-refractivity contribution is 0.0954. The van der Waals surface area contributed by atoms with E-state index in [4.69, 9.17) is 0 Å². The molecule has 0 unspecified atom stereocenters. The Bertz CT molecular complexity index is 782. The summed E-state index contributed by atoms with van der Waals surface area (Å²) in [4.78, 5) is 16.1. The summed E-state index contributed by atoms with van der Waals surface area (Å²) in [6.07, 6.45) is 5.62. The van der Waals surface area contributed by atoms with Crippen LogP contribution in [0.3, 0.4) is 0 Å². The Morgan fingerprint density at radius 1 is 1.29 bits per heavy atom. The van der Waals surface area contributed by atoms with Gasteiger partial charge in [-0.1, -0.05) is 18.2 Å². The van der Waals surface area contributed by atoms with E-state index in [0.717, 1.165) is 5.52 Å². The molecule has 0 aliphatic carbocycles. The van der Waals surface area contributed by atoms with Crippen molar-refractivity contribution >= 4 is 11.4 Å². The minimum atomic E-state index is -0.243. The number of hydrogen-bond acceptors (Lipinski definition) is 2. The van der Waals surface area contributed by atoms with Gasteiger partial charge in [-0.3, -0.25) is 4.79 Å². The molecule has 0 radical (unpaired) electrons. The third-order valence-electron chi connectivity index (χ3n) is 3.31. The third kappa shape index (κ3) is 2.91. The molecule has 1 amide bonds. The first kappa shape index (κ1) is 13.3. The van der Waals surface area contributed by atoms with Gasteiger partial charge in [-0.05, 0) is 30.2 Å². The second kappa shape index (κ2) is 5.75. The number of imidazole rings is 1. The van der Waals surface area contributed by atoms with Gasteiger partial charge in [0, 0.05) is 18.3 Å². The van der Waals surface area contributed by atoms with Crippen molar-refractivity contribution in [3.05, 3.63) is 72.1 Å². The van der Waals surface area contributed by atoms with Crippen molar-refractivity contribution in [3.63, 3.8) is 0 Å². The van der Waals surface area contributed by atoms with Crippen LogP contribution in [0.4, 0.5) is 4.39 Å². The van der Waals surface area contributed by atoms with Crippen molar-refractivity contribution < 1.29 is 9.18 Å². The van der Waals surface area contributed by atoms with Gasteiger partial charge in [-0.2, -0.15) is 0 Å². The summed E-state index contributed by atoms with van der Waals surface area (Å²) in [6, 6.07) is 10.1. The van der Waals surface area contributed by atoms with E-state index < -0.39 is 0 Å². The van der Waals surface area contributed by atoms with Gasteiger partial charge in [0.05, 0.1) is 18.0 Å². The number of pyridine rings is 1. The van der Waals surface area contributed by atoms with Gasteiger partial charge in [0.1, 0.15) is 5.82 Å². The molecule has 0 saturated heterocycles. The molecule has 5 heteroatoms. The van der Waals surface area contributed by atoms with Gasteiger partial charge in [-0.25, -0.2) is 9.37 Å². The van der Waals surface area contributed by atoms with E-state index in [1.54, 1.807) is 49.1 Å². The second-order valence-electron chi connectivity index (χ2n) is 4.74. The molecule has 0 spiro atoms. The number of halogens is 1. The van der Waals surface area contributed by atoms with E-state index in [2.05, 4.69) is 10.3 Å². The molecule has 106 valence electrons. The highest BCUT2D eigenvalue weighted by Crippen LogP contribution is 2.08.